The maximum absolute atomic E-state index is 11.1. The van der Waals surface area contributed by atoms with Crippen LogP contribution in [0.1, 0.15) is 48.5 Å². The van der Waals surface area contributed by atoms with Gasteiger partial charge in [0.1, 0.15) is 0 Å². The van der Waals surface area contributed by atoms with Gasteiger partial charge in [-0.1, -0.05) is 44.4 Å². The summed E-state index contributed by atoms with van der Waals surface area (Å²) in [6.45, 7) is 2.19. The molecule has 16 heavy (non-hydrogen) atoms. The number of hydrogen-bond donors (Lipinski definition) is 1. The van der Waals surface area contributed by atoms with Crippen molar-refractivity contribution < 1.29 is 4.79 Å². The summed E-state index contributed by atoms with van der Waals surface area (Å²) < 4.78 is 0. The number of halogens is 1. The van der Waals surface area contributed by atoms with E-state index in [1.54, 1.807) is 6.07 Å². The van der Waals surface area contributed by atoms with Crippen molar-refractivity contribution in [1.29, 1.82) is 0 Å². The van der Waals surface area contributed by atoms with E-state index in [0.29, 0.717) is 5.56 Å². The molecule has 1 rings (SSSR count). The van der Waals surface area contributed by atoms with Crippen molar-refractivity contribution in [1.82, 2.24) is 0 Å². The van der Waals surface area contributed by atoms with Crippen molar-refractivity contribution in [2.24, 2.45) is 5.73 Å². The molecule has 0 unspecified atom stereocenters. The minimum atomic E-state index is -0.318. The molecule has 0 aliphatic heterocycles. The molecule has 0 heterocycles. The molecule has 0 aromatic heterocycles. The third-order valence-electron chi connectivity index (χ3n) is 2.58. The molecule has 3 heteroatoms. The lowest BCUT2D eigenvalue weighted by Crippen LogP contribution is -2.13. The first kappa shape index (κ1) is 15.0. The van der Waals surface area contributed by atoms with Gasteiger partial charge in [-0.3, -0.25) is 4.79 Å². The molecule has 0 radical (unpaired) electrons. The number of unbranched alkanes of at least 4 members (excludes halogenated alkanes) is 3. The second-order valence-corrected chi connectivity index (χ2v) is 3.83. The SMILES string of the molecule is CCCCCCc1ccccc1C(N)=O.Cl. The minimum Gasteiger partial charge on any atom is -0.366 e. The van der Waals surface area contributed by atoms with Crippen LogP contribution in [0.2, 0.25) is 0 Å². The highest BCUT2D eigenvalue weighted by atomic mass is 35.5. The number of amides is 1. The first-order valence-corrected chi connectivity index (χ1v) is 5.63. The van der Waals surface area contributed by atoms with Gasteiger partial charge in [0.05, 0.1) is 0 Å². The average Bonchev–Trinajstić information content (AvgIpc) is 2.25. The van der Waals surface area contributed by atoms with E-state index in [1.165, 1.54) is 19.3 Å². The normalized spacial score (nSPS) is 9.56. The van der Waals surface area contributed by atoms with Gasteiger partial charge in [0, 0.05) is 5.56 Å². The summed E-state index contributed by atoms with van der Waals surface area (Å²) in [4.78, 5) is 11.1. The van der Waals surface area contributed by atoms with Crippen molar-refractivity contribution in [2.45, 2.75) is 39.0 Å². The van der Waals surface area contributed by atoms with Crippen LogP contribution in [0, 0.1) is 0 Å². The molecule has 1 aromatic rings. The van der Waals surface area contributed by atoms with Gasteiger partial charge in [-0.25, -0.2) is 0 Å². The molecule has 1 amide bonds. The fraction of sp³-hybridized carbons (Fsp3) is 0.462. The zero-order valence-corrected chi connectivity index (χ0v) is 10.6. The summed E-state index contributed by atoms with van der Waals surface area (Å²) in [5, 5.41) is 0. The summed E-state index contributed by atoms with van der Waals surface area (Å²) >= 11 is 0. The Bertz CT molecular complexity index is 325. The van der Waals surface area contributed by atoms with Crippen LogP contribution in [0.15, 0.2) is 24.3 Å². The van der Waals surface area contributed by atoms with E-state index in [2.05, 4.69) is 6.92 Å². The van der Waals surface area contributed by atoms with E-state index in [0.717, 1.165) is 18.4 Å². The molecular weight excluding hydrogens is 222 g/mol. The Morgan fingerprint density at radius 1 is 1.19 bits per heavy atom. The molecule has 0 aliphatic carbocycles. The number of primary amides is 1. The number of carbonyl (C=O) groups excluding carboxylic acids is 1. The largest absolute Gasteiger partial charge is 0.366 e. The summed E-state index contributed by atoms with van der Waals surface area (Å²) in [5.41, 5.74) is 7.07. The van der Waals surface area contributed by atoms with E-state index in [1.807, 2.05) is 18.2 Å². The zero-order chi connectivity index (χ0) is 11.1. The maximum Gasteiger partial charge on any atom is 0.248 e. The summed E-state index contributed by atoms with van der Waals surface area (Å²) in [7, 11) is 0. The molecule has 0 aliphatic rings. The standard InChI is InChI=1S/C13H19NO.ClH/c1-2-3-4-5-8-11-9-6-7-10-12(11)13(14)15;/h6-7,9-10H,2-5,8H2,1H3,(H2,14,15);1H. The van der Waals surface area contributed by atoms with Crippen LogP contribution in [0.5, 0.6) is 0 Å². The minimum absolute atomic E-state index is 0. The number of rotatable bonds is 6. The molecule has 90 valence electrons. The highest BCUT2D eigenvalue weighted by molar-refractivity contribution is 5.94. The van der Waals surface area contributed by atoms with Crippen molar-refractivity contribution >= 4 is 18.3 Å². The first-order valence-electron chi connectivity index (χ1n) is 5.63. The lowest BCUT2D eigenvalue weighted by atomic mass is 10.0. The molecule has 0 atom stereocenters. The Labute approximate surface area is 104 Å². The Kier molecular flexibility index (Phi) is 7.65. The van der Waals surface area contributed by atoms with E-state index >= 15 is 0 Å². The van der Waals surface area contributed by atoms with E-state index in [4.69, 9.17) is 5.73 Å². The number of carbonyl (C=O) groups is 1. The van der Waals surface area contributed by atoms with Crippen molar-refractivity contribution in [2.75, 3.05) is 0 Å². The van der Waals surface area contributed by atoms with Gasteiger partial charge in [-0.05, 0) is 24.5 Å². The lowest BCUT2D eigenvalue weighted by molar-refractivity contribution is 0.0999. The van der Waals surface area contributed by atoms with Gasteiger partial charge in [0.2, 0.25) is 5.91 Å². The van der Waals surface area contributed by atoms with Gasteiger partial charge in [-0.2, -0.15) is 0 Å². The van der Waals surface area contributed by atoms with Gasteiger partial charge >= 0.3 is 0 Å². The Morgan fingerprint density at radius 3 is 2.50 bits per heavy atom. The highest BCUT2D eigenvalue weighted by Crippen LogP contribution is 2.12. The zero-order valence-electron chi connectivity index (χ0n) is 9.74. The van der Waals surface area contributed by atoms with E-state index in [9.17, 15) is 4.79 Å². The lowest BCUT2D eigenvalue weighted by Gasteiger charge is -2.05. The molecule has 1 aromatic carbocycles. The fourth-order valence-electron chi connectivity index (χ4n) is 1.72. The van der Waals surface area contributed by atoms with Crippen LogP contribution in [0.25, 0.3) is 0 Å². The molecular formula is C13H20ClNO. The third-order valence-corrected chi connectivity index (χ3v) is 2.58. The predicted octanol–water partition coefficient (Wildman–Crippen LogP) is 3.33. The van der Waals surface area contributed by atoms with Crippen LogP contribution < -0.4 is 5.73 Å². The van der Waals surface area contributed by atoms with Crippen LogP contribution in [0.4, 0.5) is 0 Å². The quantitative estimate of drug-likeness (QED) is 0.763. The molecule has 0 bridgehead atoms. The molecule has 0 fully saturated rings. The molecule has 2 N–H and O–H groups in total. The Morgan fingerprint density at radius 2 is 1.88 bits per heavy atom. The number of hydrogen-bond acceptors (Lipinski definition) is 1. The first-order chi connectivity index (χ1) is 7.25. The van der Waals surface area contributed by atoms with Crippen LogP contribution in [-0.2, 0) is 6.42 Å². The molecule has 0 spiro atoms. The van der Waals surface area contributed by atoms with Crippen molar-refractivity contribution in [3.05, 3.63) is 35.4 Å². The Balaban J connectivity index is 0.00000225. The summed E-state index contributed by atoms with van der Waals surface area (Å²) in [6, 6.07) is 7.61. The Hall–Kier alpha value is -1.02. The van der Waals surface area contributed by atoms with Gasteiger partial charge < -0.3 is 5.73 Å². The number of benzene rings is 1. The topological polar surface area (TPSA) is 43.1 Å². The smallest absolute Gasteiger partial charge is 0.248 e. The van der Waals surface area contributed by atoms with Crippen molar-refractivity contribution in [3.8, 4) is 0 Å². The highest BCUT2D eigenvalue weighted by Gasteiger charge is 2.05. The van der Waals surface area contributed by atoms with Crippen LogP contribution in [-0.4, -0.2) is 5.91 Å². The second-order valence-electron chi connectivity index (χ2n) is 3.83. The predicted molar refractivity (Wildman–Crippen MR) is 70.1 cm³/mol. The fourth-order valence-corrected chi connectivity index (χ4v) is 1.72. The maximum atomic E-state index is 11.1. The summed E-state index contributed by atoms with van der Waals surface area (Å²) in [6.07, 6.45) is 5.82. The second kappa shape index (κ2) is 8.17. The van der Waals surface area contributed by atoms with Crippen LogP contribution in [0.3, 0.4) is 0 Å². The van der Waals surface area contributed by atoms with Crippen LogP contribution >= 0.6 is 12.4 Å². The van der Waals surface area contributed by atoms with Gasteiger partial charge in [-0.15, -0.1) is 12.4 Å². The van der Waals surface area contributed by atoms with Gasteiger partial charge in [0.25, 0.3) is 0 Å². The summed E-state index contributed by atoms with van der Waals surface area (Å²) in [5.74, 6) is -0.318. The monoisotopic (exact) mass is 241 g/mol. The van der Waals surface area contributed by atoms with E-state index < -0.39 is 0 Å². The third kappa shape index (κ3) is 4.67. The number of nitrogens with two attached hydrogens (primary N) is 1. The van der Waals surface area contributed by atoms with E-state index in [-0.39, 0.29) is 18.3 Å². The average molecular weight is 242 g/mol. The number of aryl methyl sites for hydroxylation is 1. The van der Waals surface area contributed by atoms with Gasteiger partial charge in [0.15, 0.2) is 0 Å². The van der Waals surface area contributed by atoms with Crippen molar-refractivity contribution in [3.63, 3.8) is 0 Å². The molecule has 0 saturated carbocycles. The molecule has 2 nitrogen and oxygen atoms in total. The molecule has 0 saturated heterocycles.